The molecule has 1 N–H and O–H groups in total. The van der Waals surface area contributed by atoms with Crippen molar-refractivity contribution in [3.8, 4) is 11.8 Å². The molecule has 0 aliphatic carbocycles. The number of nitriles is 1. The van der Waals surface area contributed by atoms with Crippen LogP contribution in [0.1, 0.15) is 21.5 Å². The monoisotopic (exact) mass is 350 g/mol. The topological polar surface area (TPSA) is 88.4 Å². The van der Waals surface area contributed by atoms with Gasteiger partial charge in [0, 0.05) is 5.69 Å². The van der Waals surface area contributed by atoms with Gasteiger partial charge in [0.15, 0.2) is 0 Å². The third-order valence-corrected chi connectivity index (χ3v) is 3.69. The van der Waals surface area contributed by atoms with Crippen molar-refractivity contribution in [3.05, 3.63) is 64.7 Å². The Morgan fingerprint density at radius 2 is 1.81 bits per heavy atom. The number of aryl methyl sites for hydroxylation is 1. The van der Waals surface area contributed by atoms with Crippen LogP contribution >= 0.6 is 0 Å². The van der Waals surface area contributed by atoms with Crippen LogP contribution in [-0.4, -0.2) is 26.1 Å². The van der Waals surface area contributed by atoms with E-state index in [0.29, 0.717) is 22.6 Å². The maximum Gasteiger partial charge on any atom is 0.337 e. The number of nitrogens with one attached hydrogen (secondary N) is 1. The van der Waals surface area contributed by atoms with Gasteiger partial charge in [-0.2, -0.15) is 5.26 Å². The summed E-state index contributed by atoms with van der Waals surface area (Å²) in [7, 11) is 2.87. The summed E-state index contributed by atoms with van der Waals surface area (Å²) in [4.78, 5) is 23.8. The highest BCUT2D eigenvalue weighted by Gasteiger charge is 2.12. The number of amides is 1. The van der Waals surface area contributed by atoms with Gasteiger partial charge >= 0.3 is 5.97 Å². The lowest BCUT2D eigenvalue weighted by atomic mass is 10.1. The van der Waals surface area contributed by atoms with Crippen LogP contribution in [0.25, 0.3) is 6.08 Å². The van der Waals surface area contributed by atoms with Crippen LogP contribution in [0, 0.1) is 18.3 Å². The first-order valence-corrected chi connectivity index (χ1v) is 7.74. The molecule has 6 nitrogen and oxygen atoms in total. The number of ether oxygens (including phenoxy) is 2. The normalized spacial score (nSPS) is 10.6. The first-order valence-electron chi connectivity index (χ1n) is 7.74. The molecule has 132 valence electrons. The number of nitrogens with zero attached hydrogens (tertiary/aromatic N) is 1. The lowest BCUT2D eigenvalue weighted by molar-refractivity contribution is -0.112. The molecule has 1 amide bonds. The van der Waals surface area contributed by atoms with E-state index in [0.717, 1.165) is 5.56 Å². The number of hydrogen-bond donors (Lipinski definition) is 1. The summed E-state index contributed by atoms with van der Waals surface area (Å²) in [5.41, 5.74) is 2.37. The second-order valence-electron chi connectivity index (χ2n) is 5.42. The molecular formula is C20H18N2O4. The van der Waals surface area contributed by atoms with Gasteiger partial charge in [-0.15, -0.1) is 0 Å². The van der Waals surface area contributed by atoms with E-state index in [2.05, 4.69) is 10.1 Å². The zero-order valence-electron chi connectivity index (χ0n) is 14.7. The fraction of sp³-hybridized carbons (Fsp3) is 0.150. The Bertz CT molecular complexity index is 893. The minimum atomic E-state index is -0.516. The summed E-state index contributed by atoms with van der Waals surface area (Å²) in [6, 6.07) is 13.5. The SMILES string of the molecule is COC(=O)c1ccc(C=C(C#N)C(=O)Nc2ccc(OC)cc2C)cc1. The molecule has 0 aliphatic heterocycles. The van der Waals surface area contributed by atoms with Gasteiger partial charge in [0.2, 0.25) is 0 Å². The smallest absolute Gasteiger partial charge is 0.337 e. The van der Waals surface area contributed by atoms with Crippen molar-refractivity contribution in [2.45, 2.75) is 6.92 Å². The minimum absolute atomic E-state index is 0.0500. The van der Waals surface area contributed by atoms with Gasteiger partial charge in [0.1, 0.15) is 17.4 Å². The first-order chi connectivity index (χ1) is 12.5. The van der Waals surface area contributed by atoms with E-state index in [1.807, 2.05) is 13.0 Å². The van der Waals surface area contributed by atoms with Gasteiger partial charge in [0.05, 0.1) is 19.8 Å². The van der Waals surface area contributed by atoms with E-state index in [-0.39, 0.29) is 5.57 Å². The van der Waals surface area contributed by atoms with Crippen LogP contribution in [0.15, 0.2) is 48.0 Å². The number of benzene rings is 2. The summed E-state index contributed by atoms with van der Waals surface area (Å²) >= 11 is 0. The third kappa shape index (κ3) is 4.48. The molecule has 0 spiro atoms. The van der Waals surface area contributed by atoms with Crippen LogP contribution in [0.2, 0.25) is 0 Å². The van der Waals surface area contributed by atoms with Crippen molar-refractivity contribution in [2.75, 3.05) is 19.5 Å². The van der Waals surface area contributed by atoms with E-state index in [9.17, 15) is 14.9 Å². The Morgan fingerprint density at radius 1 is 1.12 bits per heavy atom. The van der Waals surface area contributed by atoms with Gasteiger partial charge in [-0.25, -0.2) is 4.79 Å². The van der Waals surface area contributed by atoms with Crippen LogP contribution in [0.5, 0.6) is 5.75 Å². The van der Waals surface area contributed by atoms with E-state index < -0.39 is 11.9 Å². The zero-order chi connectivity index (χ0) is 19.1. The minimum Gasteiger partial charge on any atom is -0.497 e. The number of carbonyl (C=O) groups excluding carboxylic acids is 2. The molecule has 0 heterocycles. The van der Waals surface area contributed by atoms with Gasteiger partial charge in [-0.1, -0.05) is 12.1 Å². The van der Waals surface area contributed by atoms with Crippen molar-refractivity contribution in [1.29, 1.82) is 5.26 Å². The Kier molecular flexibility index (Phi) is 6.12. The molecule has 0 saturated heterocycles. The second-order valence-corrected chi connectivity index (χ2v) is 5.42. The number of hydrogen-bond acceptors (Lipinski definition) is 5. The zero-order valence-corrected chi connectivity index (χ0v) is 14.7. The molecule has 0 aliphatic rings. The predicted molar refractivity (Wildman–Crippen MR) is 97.7 cm³/mol. The molecule has 0 bridgehead atoms. The summed E-state index contributed by atoms with van der Waals surface area (Å²) in [6.45, 7) is 1.83. The van der Waals surface area contributed by atoms with E-state index in [4.69, 9.17) is 4.74 Å². The predicted octanol–water partition coefficient (Wildman–Crippen LogP) is 3.34. The Labute approximate surface area is 151 Å². The van der Waals surface area contributed by atoms with Crippen molar-refractivity contribution in [3.63, 3.8) is 0 Å². The lowest BCUT2D eigenvalue weighted by Crippen LogP contribution is -2.14. The fourth-order valence-corrected chi connectivity index (χ4v) is 2.24. The summed E-state index contributed by atoms with van der Waals surface area (Å²) in [5.74, 6) is -0.284. The molecular weight excluding hydrogens is 332 g/mol. The van der Waals surface area contributed by atoms with Crippen molar-refractivity contribution in [2.24, 2.45) is 0 Å². The quantitative estimate of drug-likeness (QED) is 0.507. The molecule has 0 atom stereocenters. The van der Waals surface area contributed by atoms with Crippen LogP contribution in [0.4, 0.5) is 5.69 Å². The Balaban J connectivity index is 2.19. The van der Waals surface area contributed by atoms with Crippen molar-refractivity contribution < 1.29 is 19.1 Å². The van der Waals surface area contributed by atoms with E-state index in [1.54, 1.807) is 49.6 Å². The number of esters is 1. The highest BCUT2D eigenvalue weighted by Crippen LogP contribution is 2.21. The molecule has 0 aromatic heterocycles. The largest absolute Gasteiger partial charge is 0.497 e. The standard InChI is InChI=1S/C20H18N2O4/c1-13-10-17(25-2)8-9-18(13)22-19(23)16(12-21)11-14-4-6-15(7-5-14)20(24)26-3/h4-11H,1-3H3,(H,22,23). The second kappa shape index (κ2) is 8.49. The maximum absolute atomic E-state index is 12.4. The third-order valence-electron chi connectivity index (χ3n) is 3.69. The summed E-state index contributed by atoms with van der Waals surface area (Å²) in [6.07, 6.45) is 1.45. The highest BCUT2D eigenvalue weighted by atomic mass is 16.5. The molecule has 0 saturated carbocycles. The fourth-order valence-electron chi connectivity index (χ4n) is 2.24. The van der Waals surface area contributed by atoms with Gasteiger partial charge in [-0.05, 0) is 54.5 Å². The maximum atomic E-state index is 12.4. The molecule has 2 rings (SSSR count). The number of anilines is 1. The Hall–Kier alpha value is -3.59. The summed E-state index contributed by atoms with van der Waals surface area (Å²) < 4.78 is 9.76. The Morgan fingerprint density at radius 3 is 2.35 bits per heavy atom. The average Bonchev–Trinajstić information content (AvgIpc) is 2.67. The summed E-state index contributed by atoms with van der Waals surface area (Å²) in [5, 5.41) is 12.0. The number of methoxy groups -OCH3 is 2. The molecule has 2 aromatic carbocycles. The van der Waals surface area contributed by atoms with Gasteiger partial charge < -0.3 is 14.8 Å². The molecule has 26 heavy (non-hydrogen) atoms. The molecule has 2 aromatic rings. The van der Waals surface area contributed by atoms with Crippen LogP contribution in [0.3, 0.4) is 0 Å². The first kappa shape index (κ1) is 18.7. The van der Waals surface area contributed by atoms with Crippen LogP contribution < -0.4 is 10.1 Å². The lowest BCUT2D eigenvalue weighted by Gasteiger charge is -2.09. The van der Waals surface area contributed by atoms with Crippen molar-refractivity contribution >= 4 is 23.6 Å². The number of rotatable bonds is 5. The highest BCUT2D eigenvalue weighted by molar-refractivity contribution is 6.10. The number of carbonyl (C=O) groups is 2. The van der Waals surface area contributed by atoms with E-state index in [1.165, 1.54) is 13.2 Å². The molecule has 0 unspecified atom stereocenters. The average molecular weight is 350 g/mol. The molecule has 0 radical (unpaired) electrons. The van der Waals surface area contributed by atoms with E-state index >= 15 is 0 Å². The van der Waals surface area contributed by atoms with Gasteiger partial charge in [-0.3, -0.25) is 4.79 Å². The molecule has 0 fully saturated rings. The van der Waals surface area contributed by atoms with Crippen LogP contribution in [-0.2, 0) is 9.53 Å². The van der Waals surface area contributed by atoms with Gasteiger partial charge in [0.25, 0.3) is 5.91 Å². The van der Waals surface area contributed by atoms with Crippen molar-refractivity contribution in [1.82, 2.24) is 0 Å². The molecule has 6 heteroatoms.